The minimum Gasteiger partial charge on any atom is -0.481 e. The smallest absolute Gasteiger partial charge is 0.306 e. The number of amides is 1. The van der Waals surface area contributed by atoms with Crippen molar-refractivity contribution in [3.63, 3.8) is 0 Å². The monoisotopic (exact) mass is 340 g/mol. The summed E-state index contributed by atoms with van der Waals surface area (Å²) in [7, 11) is 0. The van der Waals surface area contributed by atoms with Crippen molar-refractivity contribution < 1.29 is 14.7 Å². The number of hydrogen-bond donors (Lipinski definition) is 1. The van der Waals surface area contributed by atoms with Crippen LogP contribution < -0.4 is 0 Å². The second-order valence-corrected chi connectivity index (χ2v) is 6.58. The van der Waals surface area contributed by atoms with Gasteiger partial charge in [0.1, 0.15) is 4.88 Å². The molecule has 0 unspecified atom stereocenters. The number of benzene rings is 1. The van der Waals surface area contributed by atoms with Gasteiger partial charge in [-0.25, -0.2) is 4.98 Å². The fourth-order valence-electron chi connectivity index (χ4n) is 2.56. The quantitative estimate of drug-likeness (QED) is 0.853. The van der Waals surface area contributed by atoms with Gasteiger partial charge in [0.25, 0.3) is 5.91 Å². The van der Waals surface area contributed by atoms with Crippen molar-refractivity contribution in [3.05, 3.63) is 52.0 Å². The molecule has 0 saturated carbocycles. The number of hydrogen-bond acceptors (Lipinski definition) is 4. The molecule has 1 aliphatic rings. The van der Waals surface area contributed by atoms with Crippen LogP contribution >= 0.6 is 11.3 Å². The summed E-state index contributed by atoms with van der Waals surface area (Å²) in [5, 5.41) is 9.61. The standard InChI is InChI=1S/C18H16N2O3S/c21-17(20-10-8-14(9-11-20)18(22)23)15-12-19-16(24-15)7-6-13-4-2-1-3-5-13/h1-5,12,14H,8-11H2,(H,22,23). The molecule has 24 heavy (non-hydrogen) atoms. The lowest BCUT2D eigenvalue weighted by atomic mass is 9.97. The molecular formula is C18H16N2O3S. The summed E-state index contributed by atoms with van der Waals surface area (Å²) in [5.41, 5.74) is 0.899. The van der Waals surface area contributed by atoms with Gasteiger partial charge < -0.3 is 10.0 Å². The van der Waals surface area contributed by atoms with Crippen molar-refractivity contribution in [1.29, 1.82) is 0 Å². The maximum atomic E-state index is 12.5. The molecule has 2 aromatic rings. The van der Waals surface area contributed by atoms with Gasteiger partial charge in [0, 0.05) is 18.7 Å². The lowest BCUT2D eigenvalue weighted by Crippen LogP contribution is -2.39. The molecule has 6 heteroatoms. The molecule has 0 spiro atoms. The molecule has 2 heterocycles. The van der Waals surface area contributed by atoms with Crippen LogP contribution in [0.3, 0.4) is 0 Å². The predicted molar refractivity (Wildman–Crippen MR) is 90.8 cm³/mol. The molecular weight excluding hydrogens is 324 g/mol. The van der Waals surface area contributed by atoms with E-state index in [0.717, 1.165) is 5.56 Å². The van der Waals surface area contributed by atoms with Crippen LogP contribution in [-0.4, -0.2) is 40.0 Å². The van der Waals surface area contributed by atoms with E-state index in [2.05, 4.69) is 16.8 Å². The van der Waals surface area contributed by atoms with E-state index in [1.165, 1.54) is 11.3 Å². The highest BCUT2D eigenvalue weighted by molar-refractivity contribution is 7.14. The van der Waals surface area contributed by atoms with Crippen LogP contribution in [0.2, 0.25) is 0 Å². The van der Waals surface area contributed by atoms with Crippen LogP contribution in [0.25, 0.3) is 0 Å². The van der Waals surface area contributed by atoms with E-state index in [1.807, 2.05) is 30.3 Å². The van der Waals surface area contributed by atoms with E-state index in [9.17, 15) is 9.59 Å². The average Bonchev–Trinajstić information content (AvgIpc) is 3.09. The lowest BCUT2D eigenvalue weighted by Gasteiger charge is -2.29. The number of rotatable bonds is 2. The van der Waals surface area contributed by atoms with Crippen LogP contribution in [0, 0.1) is 17.8 Å². The molecule has 5 nitrogen and oxygen atoms in total. The molecule has 1 fully saturated rings. The highest BCUT2D eigenvalue weighted by Crippen LogP contribution is 2.21. The summed E-state index contributed by atoms with van der Waals surface area (Å²) in [6, 6.07) is 9.60. The summed E-state index contributed by atoms with van der Waals surface area (Å²) < 4.78 is 0. The van der Waals surface area contributed by atoms with Crippen molar-refractivity contribution in [2.24, 2.45) is 5.92 Å². The molecule has 1 saturated heterocycles. The Labute approximate surface area is 144 Å². The van der Waals surface area contributed by atoms with E-state index in [-0.39, 0.29) is 11.8 Å². The Balaban J connectivity index is 1.64. The first kappa shape index (κ1) is 16.2. The largest absolute Gasteiger partial charge is 0.481 e. The zero-order chi connectivity index (χ0) is 16.9. The maximum Gasteiger partial charge on any atom is 0.306 e. The Kier molecular flexibility index (Phi) is 4.92. The molecule has 122 valence electrons. The molecule has 1 amide bonds. The first-order chi connectivity index (χ1) is 11.6. The van der Waals surface area contributed by atoms with E-state index in [4.69, 9.17) is 5.11 Å². The number of carbonyl (C=O) groups excluding carboxylic acids is 1. The van der Waals surface area contributed by atoms with Crippen molar-refractivity contribution in [3.8, 4) is 11.8 Å². The van der Waals surface area contributed by atoms with Gasteiger partial charge in [-0.05, 0) is 30.9 Å². The van der Waals surface area contributed by atoms with Gasteiger partial charge >= 0.3 is 5.97 Å². The fourth-order valence-corrected chi connectivity index (χ4v) is 3.30. The van der Waals surface area contributed by atoms with Gasteiger partial charge in [-0.2, -0.15) is 0 Å². The van der Waals surface area contributed by atoms with Crippen LogP contribution in [0.5, 0.6) is 0 Å². The summed E-state index contributed by atoms with van der Waals surface area (Å²) in [6.45, 7) is 0.942. The second kappa shape index (κ2) is 7.28. The van der Waals surface area contributed by atoms with E-state index in [1.54, 1.807) is 11.1 Å². The maximum absolute atomic E-state index is 12.5. The van der Waals surface area contributed by atoms with Crippen molar-refractivity contribution in [2.45, 2.75) is 12.8 Å². The number of aliphatic carboxylic acids is 1. The number of carboxylic acids is 1. The number of likely N-dealkylation sites (tertiary alicyclic amines) is 1. The zero-order valence-corrected chi connectivity index (χ0v) is 13.8. The SMILES string of the molecule is O=C(O)C1CCN(C(=O)c2cnc(C#Cc3ccccc3)s2)CC1. The first-order valence-electron chi connectivity index (χ1n) is 7.68. The molecule has 0 aliphatic carbocycles. The minimum atomic E-state index is -0.779. The highest BCUT2D eigenvalue weighted by atomic mass is 32.1. The van der Waals surface area contributed by atoms with Crippen LogP contribution in [-0.2, 0) is 4.79 Å². The van der Waals surface area contributed by atoms with Gasteiger partial charge in [0.15, 0.2) is 5.01 Å². The summed E-state index contributed by atoms with van der Waals surface area (Å²) in [6.07, 6.45) is 2.55. The number of piperidine rings is 1. The fraction of sp³-hybridized carbons (Fsp3) is 0.278. The summed E-state index contributed by atoms with van der Waals surface area (Å²) in [5.74, 6) is 4.77. The number of nitrogens with zero attached hydrogens (tertiary/aromatic N) is 2. The third-order valence-corrected chi connectivity index (χ3v) is 4.84. The third-order valence-electron chi connectivity index (χ3n) is 3.94. The van der Waals surface area contributed by atoms with E-state index in [0.29, 0.717) is 35.8 Å². The molecule has 0 bridgehead atoms. The van der Waals surface area contributed by atoms with Crippen LogP contribution in [0.4, 0.5) is 0 Å². The second-order valence-electron chi connectivity index (χ2n) is 5.55. The van der Waals surface area contributed by atoms with Crippen molar-refractivity contribution >= 4 is 23.2 Å². The Hall–Kier alpha value is -2.65. The number of carboxylic acid groups (broad SMARTS) is 1. The molecule has 1 N–H and O–H groups in total. The Morgan fingerprint density at radius 3 is 2.54 bits per heavy atom. The van der Waals surface area contributed by atoms with Gasteiger partial charge in [0.05, 0.1) is 12.1 Å². The minimum absolute atomic E-state index is 0.0934. The van der Waals surface area contributed by atoms with Crippen LogP contribution in [0.15, 0.2) is 36.5 Å². The molecule has 0 radical (unpaired) electrons. The third kappa shape index (κ3) is 3.81. The molecule has 3 rings (SSSR count). The average molecular weight is 340 g/mol. The first-order valence-corrected chi connectivity index (χ1v) is 8.50. The van der Waals surface area contributed by atoms with E-state index < -0.39 is 5.97 Å². The number of thiazole rings is 1. The van der Waals surface area contributed by atoms with Gasteiger partial charge in [-0.15, -0.1) is 11.3 Å². The summed E-state index contributed by atoms with van der Waals surface area (Å²) in [4.78, 5) is 29.9. The highest BCUT2D eigenvalue weighted by Gasteiger charge is 2.28. The van der Waals surface area contributed by atoms with Crippen molar-refractivity contribution in [2.75, 3.05) is 13.1 Å². The Morgan fingerprint density at radius 2 is 1.88 bits per heavy atom. The molecule has 1 aliphatic heterocycles. The van der Waals surface area contributed by atoms with E-state index >= 15 is 0 Å². The number of carbonyl (C=O) groups is 2. The Bertz CT molecular complexity index is 796. The lowest BCUT2D eigenvalue weighted by molar-refractivity contribution is -0.143. The topological polar surface area (TPSA) is 70.5 Å². The Morgan fingerprint density at radius 1 is 1.17 bits per heavy atom. The molecule has 1 aromatic carbocycles. The number of aromatic nitrogens is 1. The molecule has 0 atom stereocenters. The van der Waals surface area contributed by atoms with Gasteiger partial charge in [-0.1, -0.05) is 24.1 Å². The zero-order valence-electron chi connectivity index (χ0n) is 12.9. The van der Waals surface area contributed by atoms with Crippen LogP contribution in [0.1, 0.15) is 33.1 Å². The van der Waals surface area contributed by atoms with Gasteiger partial charge in [-0.3, -0.25) is 9.59 Å². The van der Waals surface area contributed by atoms with Gasteiger partial charge in [0.2, 0.25) is 0 Å². The normalized spacial score (nSPS) is 14.8. The molecule has 1 aromatic heterocycles. The van der Waals surface area contributed by atoms with Crippen molar-refractivity contribution in [1.82, 2.24) is 9.88 Å². The predicted octanol–water partition coefficient (Wildman–Crippen LogP) is 2.48. The summed E-state index contributed by atoms with van der Waals surface area (Å²) >= 11 is 1.27.